The van der Waals surface area contributed by atoms with Gasteiger partial charge in [0.2, 0.25) is 0 Å². The predicted octanol–water partition coefficient (Wildman–Crippen LogP) is 3.81. The number of thioether (sulfide) groups is 1. The van der Waals surface area contributed by atoms with Gasteiger partial charge in [-0.1, -0.05) is 27.2 Å². The highest BCUT2D eigenvalue weighted by molar-refractivity contribution is 8.01. The summed E-state index contributed by atoms with van der Waals surface area (Å²) in [5, 5.41) is 0.708. The maximum absolute atomic E-state index is 11.3. The number of ketones is 1. The van der Waals surface area contributed by atoms with Crippen LogP contribution in [0.15, 0.2) is 0 Å². The lowest BCUT2D eigenvalue weighted by molar-refractivity contribution is -0.119. The molecule has 0 spiro atoms. The third kappa shape index (κ3) is 5.04. The lowest BCUT2D eigenvalue weighted by Gasteiger charge is -2.26. The lowest BCUT2D eigenvalue weighted by Crippen LogP contribution is -2.18. The highest BCUT2D eigenvalue weighted by atomic mass is 32.2. The molecule has 1 nitrogen and oxygen atoms in total. The molecular weight excluding hydrogens is 192 g/mol. The summed E-state index contributed by atoms with van der Waals surface area (Å²) < 4.78 is 0.340. The normalized spacial score (nSPS) is 25.6. The number of carbonyl (C=O) groups is 1. The summed E-state index contributed by atoms with van der Waals surface area (Å²) in [5.74, 6) is 0.476. The van der Waals surface area contributed by atoms with Gasteiger partial charge in [0.25, 0.3) is 0 Å². The molecule has 1 saturated carbocycles. The molecule has 0 aromatic rings. The molecule has 0 aromatic heterocycles. The Morgan fingerprint density at radius 3 is 2.50 bits per heavy atom. The zero-order valence-corrected chi connectivity index (χ0v) is 10.5. The smallest absolute Gasteiger partial charge is 0.132 e. The molecule has 0 aromatic carbocycles. The Morgan fingerprint density at radius 1 is 1.14 bits per heavy atom. The number of Topliss-reactive ketones (excluding diaryl/α,β-unsaturated/α-hetero) is 1. The first-order chi connectivity index (χ1) is 6.47. The SMILES string of the molecule is CC(C)(C)SC1CCCCC(=O)CC1. The molecule has 0 radical (unpaired) electrons. The number of hydrogen-bond acceptors (Lipinski definition) is 2. The van der Waals surface area contributed by atoms with E-state index in [0.29, 0.717) is 15.8 Å². The van der Waals surface area contributed by atoms with Crippen molar-refractivity contribution in [3.05, 3.63) is 0 Å². The van der Waals surface area contributed by atoms with E-state index in [9.17, 15) is 4.79 Å². The van der Waals surface area contributed by atoms with E-state index in [0.717, 1.165) is 25.7 Å². The second-order valence-corrected chi connectivity index (χ2v) is 7.30. The van der Waals surface area contributed by atoms with Crippen LogP contribution in [-0.4, -0.2) is 15.8 Å². The van der Waals surface area contributed by atoms with E-state index < -0.39 is 0 Å². The quantitative estimate of drug-likeness (QED) is 0.660. The number of hydrogen-bond donors (Lipinski definition) is 0. The molecule has 2 heteroatoms. The molecule has 0 saturated heterocycles. The Morgan fingerprint density at radius 2 is 1.86 bits per heavy atom. The van der Waals surface area contributed by atoms with E-state index in [1.54, 1.807) is 0 Å². The van der Waals surface area contributed by atoms with Crippen LogP contribution in [0.4, 0.5) is 0 Å². The third-order valence-corrected chi connectivity index (χ3v) is 4.01. The first kappa shape index (κ1) is 12.1. The lowest BCUT2D eigenvalue weighted by atomic mass is 9.99. The summed E-state index contributed by atoms with van der Waals surface area (Å²) >= 11 is 2.05. The summed E-state index contributed by atoms with van der Waals surface area (Å²) in [7, 11) is 0. The van der Waals surface area contributed by atoms with Crippen molar-refractivity contribution < 1.29 is 4.79 Å². The Balaban J connectivity index is 2.39. The third-order valence-electron chi connectivity index (χ3n) is 2.50. The van der Waals surface area contributed by atoms with Crippen LogP contribution in [0.5, 0.6) is 0 Å². The van der Waals surface area contributed by atoms with Gasteiger partial charge in [-0.2, -0.15) is 11.8 Å². The fourth-order valence-corrected chi connectivity index (χ4v) is 3.42. The van der Waals surface area contributed by atoms with Crippen LogP contribution in [0.1, 0.15) is 59.3 Å². The summed E-state index contributed by atoms with van der Waals surface area (Å²) in [6, 6.07) is 0. The van der Waals surface area contributed by atoms with Gasteiger partial charge in [0.05, 0.1) is 0 Å². The van der Waals surface area contributed by atoms with Gasteiger partial charge in [0.1, 0.15) is 5.78 Å². The van der Waals surface area contributed by atoms with Gasteiger partial charge in [-0.05, 0) is 19.3 Å². The zero-order chi connectivity index (χ0) is 10.6. The van der Waals surface area contributed by atoms with Crippen molar-refractivity contribution >= 4 is 17.5 Å². The van der Waals surface area contributed by atoms with Crippen LogP contribution in [0.25, 0.3) is 0 Å². The second-order valence-electron chi connectivity index (χ2n) is 5.18. The zero-order valence-electron chi connectivity index (χ0n) is 9.64. The van der Waals surface area contributed by atoms with Crippen molar-refractivity contribution in [3.63, 3.8) is 0 Å². The topological polar surface area (TPSA) is 17.1 Å². The maximum atomic E-state index is 11.3. The van der Waals surface area contributed by atoms with Crippen LogP contribution in [0.2, 0.25) is 0 Å². The molecule has 0 heterocycles. The Hall–Kier alpha value is 0.0200. The second kappa shape index (κ2) is 5.20. The standard InChI is InChI=1S/C12H22OS/c1-12(2,3)14-11-7-5-4-6-10(13)8-9-11/h11H,4-9H2,1-3H3. The van der Waals surface area contributed by atoms with Gasteiger partial charge in [-0.25, -0.2) is 0 Å². The molecule has 82 valence electrons. The summed E-state index contributed by atoms with van der Waals surface area (Å²) in [4.78, 5) is 11.3. The minimum atomic E-state index is 0.340. The van der Waals surface area contributed by atoms with E-state index in [1.807, 2.05) is 0 Å². The fraction of sp³-hybridized carbons (Fsp3) is 0.917. The van der Waals surface area contributed by atoms with E-state index in [-0.39, 0.29) is 0 Å². The van der Waals surface area contributed by atoms with Crippen molar-refractivity contribution in [2.45, 2.75) is 69.3 Å². The highest BCUT2D eigenvalue weighted by Crippen LogP contribution is 2.34. The van der Waals surface area contributed by atoms with E-state index in [2.05, 4.69) is 32.5 Å². The summed E-state index contributed by atoms with van der Waals surface area (Å²) in [5.41, 5.74) is 0. The summed E-state index contributed by atoms with van der Waals surface area (Å²) in [6.45, 7) is 6.79. The minimum Gasteiger partial charge on any atom is -0.300 e. The van der Waals surface area contributed by atoms with Gasteiger partial charge in [0.15, 0.2) is 0 Å². The van der Waals surface area contributed by atoms with Crippen molar-refractivity contribution in [1.29, 1.82) is 0 Å². The van der Waals surface area contributed by atoms with Crippen molar-refractivity contribution in [1.82, 2.24) is 0 Å². The molecule has 1 rings (SSSR count). The first-order valence-electron chi connectivity index (χ1n) is 5.67. The molecule has 1 aliphatic rings. The molecule has 0 aliphatic heterocycles. The minimum absolute atomic E-state index is 0.340. The highest BCUT2D eigenvalue weighted by Gasteiger charge is 2.21. The number of rotatable bonds is 1. The predicted molar refractivity (Wildman–Crippen MR) is 63.8 cm³/mol. The van der Waals surface area contributed by atoms with E-state index >= 15 is 0 Å². The van der Waals surface area contributed by atoms with Gasteiger partial charge >= 0.3 is 0 Å². The van der Waals surface area contributed by atoms with Gasteiger partial charge < -0.3 is 0 Å². The monoisotopic (exact) mass is 214 g/mol. The van der Waals surface area contributed by atoms with E-state index in [1.165, 1.54) is 12.8 Å². The van der Waals surface area contributed by atoms with E-state index in [4.69, 9.17) is 0 Å². The molecule has 1 atom stereocenters. The molecule has 1 unspecified atom stereocenters. The van der Waals surface area contributed by atoms with Gasteiger partial charge in [-0.3, -0.25) is 4.79 Å². The molecule has 0 bridgehead atoms. The number of carbonyl (C=O) groups excluding carboxylic acids is 1. The van der Waals surface area contributed by atoms with Crippen LogP contribution < -0.4 is 0 Å². The van der Waals surface area contributed by atoms with Crippen molar-refractivity contribution in [2.24, 2.45) is 0 Å². The van der Waals surface area contributed by atoms with Gasteiger partial charge in [0, 0.05) is 22.8 Å². The average molecular weight is 214 g/mol. The fourth-order valence-electron chi connectivity index (χ4n) is 1.90. The molecule has 1 aliphatic carbocycles. The van der Waals surface area contributed by atoms with Crippen LogP contribution in [0.3, 0.4) is 0 Å². The van der Waals surface area contributed by atoms with Crippen LogP contribution >= 0.6 is 11.8 Å². The Labute approximate surface area is 92.0 Å². The Bertz CT molecular complexity index is 193. The van der Waals surface area contributed by atoms with Crippen LogP contribution in [0, 0.1) is 0 Å². The molecule has 1 fully saturated rings. The van der Waals surface area contributed by atoms with Crippen LogP contribution in [-0.2, 0) is 4.79 Å². The summed E-state index contributed by atoms with van der Waals surface area (Å²) in [6.07, 6.45) is 6.39. The maximum Gasteiger partial charge on any atom is 0.132 e. The van der Waals surface area contributed by atoms with Crippen molar-refractivity contribution in [3.8, 4) is 0 Å². The Kier molecular flexibility index (Phi) is 4.49. The average Bonchev–Trinajstić information content (AvgIpc) is 2.02. The molecule has 0 N–H and O–H groups in total. The first-order valence-corrected chi connectivity index (χ1v) is 6.55. The molecule has 0 amide bonds. The molecule has 14 heavy (non-hydrogen) atoms. The van der Waals surface area contributed by atoms with Crippen molar-refractivity contribution in [2.75, 3.05) is 0 Å². The largest absolute Gasteiger partial charge is 0.300 e. The van der Waals surface area contributed by atoms with Gasteiger partial charge in [-0.15, -0.1) is 0 Å². The molecular formula is C12H22OS.